The maximum absolute atomic E-state index is 12.4. The van der Waals surface area contributed by atoms with E-state index >= 15 is 0 Å². The molecule has 0 radical (unpaired) electrons. The van der Waals surface area contributed by atoms with Crippen molar-refractivity contribution in [3.63, 3.8) is 0 Å². The molecule has 2 aromatic carbocycles. The molecule has 0 bridgehead atoms. The van der Waals surface area contributed by atoms with Crippen LogP contribution in [0.2, 0.25) is 0 Å². The number of ether oxygens (including phenoxy) is 1. The van der Waals surface area contributed by atoms with Crippen LogP contribution < -0.4 is 10.2 Å². The zero-order valence-corrected chi connectivity index (χ0v) is 16.4. The predicted molar refractivity (Wildman–Crippen MR) is 104 cm³/mol. The lowest BCUT2D eigenvalue weighted by Gasteiger charge is -2.16. The predicted octanol–water partition coefficient (Wildman–Crippen LogP) is 2.91. The summed E-state index contributed by atoms with van der Waals surface area (Å²) in [6.07, 6.45) is 0.198. The molecule has 140 valence electrons. The Morgan fingerprint density at radius 2 is 1.81 bits per heavy atom. The number of carbonyl (C=O) groups is 3. The average Bonchev–Trinajstić information content (AvgIpc) is 3.08. The van der Waals surface area contributed by atoms with Gasteiger partial charge < -0.3 is 15.0 Å². The molecular weight excluding hydrogens is 412 g/mol. The first-order chi connectivity index (χ1) is 13.0. The number of carbonyl (C=O) groups excluding carboxylic acids is 3. The molecule has 1 aliphatic rings. The lowest BCUT2D eigenvalue weighted by atomic mass is 10.1. The van der Waals surface area contributed by atoms with Gasteiger partial charge in [-0.2, -0.15) is 0 Å². The summed E-state index contributed by atoms with van der Waals surface area (Å²) in [4.78, 5) is 37.8. The highest BCUT2D eigenvalue weighted by atomic mass is 79.9. The van der Waals surface area contributed by atoms with E-state index in [1.54, 1.807) is 29.2 Å². The Morgan fingerprint density at radius 1 is 1.15 bits per heavy atom. The monoisotopic (exact) mass is 430 g/mol. The largest absolute Gasteiger partial charge is 0.465 e. The van der Waals surface area contributed by atoms with Gasteiger partial charge in [0.15, 0.2) is 0 Å². The van der Waals surface area contributed by atoms with Crippen LogP contribution in [-0.4, -0.2) is 31.4 Å². The first kappa shape index (κ1) is 19.1. The molecule has 1 aliphatic heterocycles. The minimum Gasteiger partial charge on any atom is -0.465 e. The molecule has 7 heteroatoms. The fraction of sp³-hybridized carbons (Fsp3) is 0.250. The van der Waals surface area contributed by atoms with Gasteiger partial charge in [-0.3, -0.25) is 9.59 Å². The maximum Gasteiger partial charge on any atom is 0.337 e. The average molecular weight is 431 g/mol. The second-order valence-corrected chi connectivity index (χ2v) is 7.20. The minimum absolute atomic E-state index is 0.0556. The molecule has 2 amide bonds. The second kappa shape index (κ2) is 8.35. The number of methoxy groups -OCH3 is 1. The zero-order chi connectivity index (χ0) is 19.4. The van der Waals surface area contributed by atoms with E-state index in [9.17, 15) is 14.4 Å². The molecule has 1 heterocycles. The molecule has 1 N–H and O–H groups in total. The molecule has 0 unspecified atom stereocenters. The molecule has 27 heavy (non-hydrogen) atoms. The summed E-state index contributed by atoms with van der Waals surface area (Å²) in [7, 11) is 1.33. The minimum atomic E-state index is -0.400. The van der Waals surface area contributed by atoms with Crippen molar-refractivity contribution in [3.8, 4) is 0 Å². The Bertz CT molecular complexity index is 849. The number of benzene rings is 2. The standard InChI is InChI=1S/C20H19BrN2O4/c1-27-20(26)14-4-2-13(3-5-14)11-22-19(25)15-10-18(24)23(12-15)17-8-6-16(21)7-9-17/h2-9,15H,10-12H2,1H3,(H,22,25)/t15-/m0/s1. The summed E-state index contributed by atoms with van der Waals surface area (Å²) in [6, 6.07) is 14.3. The third kappa shape index (κ3) is 4.54. The third-order valence-electron chi connectivity index (χ3n) is 4.48. The van der Waals surface area contributed by atoms with Gasteiger partial charge in [0.1, 0.15) is 0 Å². The molecular formula is C20H19BrN2O4. The van der Waals surface area contributed by atoms with E-state index in [-0.39, 0.29) is 24.2 Å². The van der Waals surface area contributed by atoms with E-state index in [1.165, 1.54) is 7.11 Å². The van der Waals surface area contributed by atoms with Crippen molar-refractivity contribution >= 4 is 39.4 Å². The van der Waals surface area contributed by atoms with Gasteiger partial charge in [-0.15, -0.1) is 0 Å². The summed E-state index contributed by atoms with van der Waals surface area (Å²) in [5, 5.41) is 2.86. The fourth-order valence-corrected chi connectivity index (χ4v) is 3.23. The van der Waals surface area contributed by atoms with E-state index in [4.69, 9.17) is 0 Å². The Morgan fingerprint density at radius 3 is 2.44 bits per heavy atom. The molecule has 6 nitrogen and oxygen atoms in total. The number of nitrogens with zero attached hydrogens (tertiary/aromatic N) is 1. The second-order valence-electron chi connectivity index (χ2n) is 6.29. The summed E-state index contributed by atoms with van der Waals surface area (Å²) in [5.41, 5.74) is 2.11. The van der Waals surface area contributed by atoms with E-state index in [1.807, 2.05) is 24.3 Å². The summed E-state index contributed by atoms with van der Waals surface area (Å²) in [6.45, 7) is 0.705. The van der Waals surface area contributed by atoms with Gasteiger partial charge in [-0.25, -0.2) is 4.79 Å². The van der Waals surface area contributed by atoms with Crippen molar-refractivity contribution in [2.45, 2.75) is 13.0 Å². The van der Waals surface area contributed by atoms with Crippen LogP contribution in [0.15, 0.2) is 53.0 Å². The number of hydrogen-bond acceptors (Lipinski definition) is 4. The molecule has 0 spiro atoms. The van der Waals surface area contributed by atoms with Crippen molar-refractivity contribution in [1.82, 2.24) is 5.32 Å². The number of rotatable bonds is 5. The number of anilines is 1. The number of esters is 1. The van der Waals surface area contributed by atoms with Crippen LogP contribution in [0.4, 0.5) is 5.69 Å². The third-order valence-corrected chi connectivity index (χ3v) is 5.00. The van der Waals surface area contributed by atoms with Crippen molar-refractivity contribution < 1.29 is 19.1 Å². The highest BCUT2D eigenvalue weighted by molar-refractivity contribution is 9.10. The Hall–Kier alpha value is -2.67. The summed E-state index contributed by atoms with van der Waals surface area (Å²) >= 11 is 3.37. The van der Waals surface area contributed by atoms with E-state index in [2.05, 4.69) is 26.0 Å². The smallest absolute Gasteiger partial charge is 0.337 e. The number of amides is 2. The molecule has 0 aromatic heterocycles. The lowest BCUT2D eigenvalue weighted by molar-refractivity contribution is -0.126. The van der Waals surface area contributed by atoms with Gasteiger partial charge in [0.05, 0.1) is 18.6 Å². The quantitative estimate of drug-likeness (QED) is 0.739. The van der Waals surface area contributed by atoms with Crippen molar-refractivity contribution in [1.29, 1.82) is 0 Å². The van der Waals surface area contributed by atoms with Gasteiger partial charge in [0.2, 0.25) is 11.8 Å². The number of nitrogens with one attached hydrogen (secondary N) is 1. The highest BCUT2D eigenvalue weighted by Crippen LogP contribution is 2.26. The molecule has 2 aromatic rings. The molecule has 0 aliphatic carbocycles. The molecule has 1 saturated heterocycles. The highest BCUT2D eigenvalue weighted by Gasteiger charge is 2.34. The fourth-order valence-electron chi connectivity index (χ4n) is 2.96. The van der Waals surface area contributed by atoms with Crippen LogP contribution >= 0.6 is 15.9 Å². The van der Waals surface area contributed by atoms with Crippen LogP contribution in [0.25, 0.3) is 0 Å². The molecule has 1 atom stereocenters. The van der Waals surface area contributed by atoms with Crippen LogP contribution in [0.3, 0.4) is 0 Å². The number of hydrogen-bond donors (Lipinski definition) is 1. The normalized spacial score (nSPS) is 16.3. The molecule has 3 rings (SSSR count). The van der Waals surface area contributed by atoms with Gasteiger partial charge >= 0.3 is 5.97 Å². The van der Waals surface area contributed by atoms with Crippen LogP contribution in [0.1, 0.15) is 22.3 Å². The van der Waals surface area contributed by atoms with Gasteiger partial charge in [-0.05, 0) is 42.0 Å². The van der Waals surface area contributed by atoms with Crippen molar-refractivity contribution in [2.75, 3.05) is 18.6 Å². The van der Waals surface area contributed by atoms with Crippen LogP contribution in [0.5, 0.6) is 0 Å². The summed E-state index contributed by atoms with van der Waals surface area (Å²) in [5.74, 6) is -0.988. The maximum atomic E-state index is 12.4. The zero-order valence-electron chi connectivity index (χ0n) is 14.8. The van der Waals surface area contributed by atoms with E-state index in [0.29, 0.717) is 18.7 Å². The SMILES string of the molecule is COC(=O)c1ccc(CNC(=O)[C@H]2CC(=O)N(c3ccc(Br)cc3)C2)cc1. The van der Waals surface area contributed by atoms with E-state index < -0.39 is 5.97 Å². The van der Waals surface area contributed by atoms with Crippen LogP contribution in [0, 0.1) is 5.92 Å². The van der Waals surface area contributed by atoms with Crippen molar-refractivity contribution in [3.05, 3.63) is 64.1 Å². The van der Waals surface area contributed by atoms with Gasteiger partial charge in [0, 0.05) is 29.7 Å². The van der Waals surface area contributed by atoms with Crippen molar-refractivity contribution in [2.24, 2.45) is 5.92 Å². The van der Waals surface area contributed by atoms with E-state index in [0.717, 1.165) is 15.7 Å². The number of halogens is 1. The molecule has 0 saturated carbocycles. The van der Waals surface area contributed by atoms with Crippen LogP contribution in [-0.2, 0) is 20.9 Å². The Kier molecular flexibility index (Phi) is 5.91. The Labute approximate surface area is 165 Å². The Balaban J connectivity index is 1.56. The molecule has 1 fully saturated rings. The first-order valence-corrected chi connectivity index (χ1v) is 9.28. The topological polar surface area (TPSA) is 75.7 Å². The first-order valence-electron chi connectivity index (χ1n) is 8.49. The van der Waals surface area contributed by atoms with Gasteiger partial charge in [0.25, 0.3) is 0 Å². The lowest BCUT2D eigenvalue weighted by Crippen LogP contribution is -2.32. The summed E-state index contributed by atoms with van der Waals surface area (Å²) < 4.78 is 5.59. The van der Waals surface area contributed by atoms with Gasteiger partial charge in [-0.1, -0.05) is 28.1 Å².